The van der Waals surface area contributed by atoms with Gasteiger partial charge in [0.2, 0.25) is 5.88 Å². The quantitative estimate of drug-likeness (QED) is 0.298. The molecule has 0 bridgehead atoms. The van der Waals surface area contributed by atoms with Gasteiger partial charge in [-0.3, -0.25) is 4.90 Å². The number of aliphatic hydroxyl groups is 1. The minimum atomic E-state index is -0.637. The first kappa shape index (κ1) is 26.8. The van der Waals surface area contributed by atoms with Gasteiger partial charge in [-0.1, -0.05) is 32.4 Å². The standard InChI is InChI=1S/C27H35F2N3O3/c1-4-6-16-34-19-23(33)17-31(15-5-2)18-24-20(3)30-32(22-13-11-21(28)12-14-22)27(24)35-26-10-8-7-9-25(26)29/h7-14,23,33H,4-6,15-19H2,1-3H3/t23-/m1/s1. The van der Waals surface area contributed by atoms with Crippen LogP contribution in [0.1, 0.15) is 44.4 Å². The lowest BCUT2D eigenvalue weighted by Gasteiger charge is -2.25. The summed E-state index contributed by atoms with van der Waals surface area (Å²) in [7, 11) is 0. The van der Waals surface area contributed by atoms with Gasteiger partial charge >= 0.3 is 0 Å². The molecule has 0 aliphatic carbocycles. The number of aliphatic hydroxyl groups excluding tert-OH is 1. The van der Waals surface area contributed by atoms with E-state index in [0.717, 1.165) is 31.4 Å². The Morgan fingerprint density at radius 3 is 2.49 bits per heavy atom. The van der Waals surface area contributed by atoms with Crippen molar-refractivity contribution >= 4 is 0 Å². The fourth-order valence-corrected chi connectivity index (χ4v) is 3.81. The first-order chi connectivity index (χ1) is 16.9. The van der Waals surface area contributed by atoms with E-state index in [-0.39, 0.29) is 18.2 Å². The molecule has 0 fully saturated rings. The van der Waals surface area contributed by atoms with Crippen LogP contribution in [0.5, 0.6) is 11.6 Å². The summed E-state index contributed by atoms with van der Waals surface area (Å²) in [6.45, 7) is 8.53. The molecule has 2 aromatic carbocycles. The number of nitrogens with zero attached hydrogens (tertiary/aromatic N) is 3. The summed E-state index contributed by atoms with van der Waals surface area (Å²) in [6, 6.07) is 12.1. The van der Waals surface area contributed by atoms with E-state index in [1.54, 1.807) is 35.0 Å². The molecule has 0 radical (unpaired) electrons. The highest BCUT2D eigenvalue weighted by molar-refractivity contribution is 5.43. The van der Waals surface area contributed by atoms with Crippen molar-refractivity contribution in [2.24, 2.45) is 0 Å². The summed E-state index contributed by atoms with van der Waals surface area (Å²) in [6.07, 6.45) is 2.25. The number of ether oxygens (including phenoxy) is 2. The average Bonchev–Trinajstić information content (AvgIpc) is 3.13. The zero-order chi connectivity index (χ0) is 25.2. The van der Waals surface area contributed by atoms with Gasteiger partial charge in [0.05, 0.1) is 29.7 Å². The summed E-state index contributed by atoms with van der Waals surface area (Å²) >= 11 is 0. The molecule has 0 unspecified atom stereocenters. The smallest absolute Gasteiger partial charge is 0.227 e. The number of unbranched alkanes of at least 4 members (excludes halogenated alkanes) is 1. The summed E-state index contributed by atoms with van der Waals surface area (Å²) in [4.78, 5) is 2.11. The maximum Gasteiger partial charge on any atom is 0.227 e. The Balaban J connectivity index is 1.90. The number of rotatable bonds is 14. The zero-order valence-electron chi connectivity index (χ0n) is 20.7. The van der Waals surface area contributed by atoms with Crippen molar-refractivity contribution in [3.05, 3.63) is 71.4 Å². The largest absolute Gasteiger partial charge is 0.435 e. The van der Waals surface area contributed by atoms with E-state index in [0.29, 0.717) is 37.0 Å². The van der Waals surface area contributed by atoms with Crippen LogP contribution >= 0.6 is 0 Å². The van der Waals surface area contributed by atoms with Gasteiger partial charge in [-0.15, -0.1) is 0 Å². The highest BCUT2D eigenvalue weighted by atomic mass is 19.1. The fourth-order valence-electron chi connectivity index (χ4n) is 3.81. The molecule has 0 aliphatic heterocycles. The SMILES string of the molecule is CCCCOC[C@H](O)CN(CCC)Cc1c(C)nn(-c2ccc(F)cc2)c1Oc1ccccc1F. The maximum atomic E-state index is 14.5. The predicted octanol–water partition coefficient (Wildman–Crippen LogP) is 5.64. The van der Waals surface area contributed by atoms with Gasteiger partial charge < -0.3 is 14.6 Å². The molecule has 1 heterocycles. The van der Waals surface area contributed by atoms with E-state index in [1.807, 2.05) is 6.92 Å². The summed E-state index contributed by atoms with van der Waals surface area (Å²) < 4.78 is 41.2. The number of halogens is 2. The van der Waals surface area contributed by atoms with E-state index >= 15 is 0 Å². The number of aromatic nitrogens is 2. The van der Waals surface area contributed by atoms with Crippen LogP contribution in [0.2, 0.25) is 0 Å². The van der Waals surface area contributed by atoms with Crippen molar-refractivity contribution in [3.63, 3.8) is 0 Å². The third-order valence-corrected chi connectivity index (χ3v) is 5.59. The van der Waals surface area contributed by atoms with Gasteiger partial charge in [-0.05, 0) is 62.7 Å². The zero-order valence-corrected chi connectivity index (χ0v) is 20.7. The topological polar surface area (TPSA) is 59.8 Å². The van der Waals surface area contributed by atoms with Crippen LogP contribution in [-0.2, 0) is 11.3 Å². The fraction of sp³-hybridized carbons (Fsp3) is 0.444. The maximum absolute atomic E-state index is 14.5. The highest BCUT2D eigenvalue weighted by Gasteiger charge is 2.23. The molecule has 3 rings (SSSR count). The second-order valence-corrected chi connectivity index (χ2v) is 8.61. The molecule has 0 saturated heterocycles. The lowest BCUT2D eigenvalue weighted by molar-refractivity contribution is 0.0143. The van der Waals surface area contributed by atoms with Crippen LogP contribution in [0.15, 0.2) is 48.5 Å². The van der Waals surface area contributed by atoms with Gasteiger partial charge in [-0.2, -0.15) is 5.10 Å². The lowest BCUT2D eigenvalue weighted by atomic mass is 10.2. The van der Waals surface area contributed by atoms with Crippen molar-refractivity contribution in [3.8, 4) is 17.3 Å². The number of hydrogen-bond donors (Lipinski definition) is 1. The van der Waals surface area contributed by atoms with E-state index in [1.165, 1.54) is 18.2 Å². The number of para-hydroxylation sites is 1. The molecular formula is C27H35F2N3O3. The van der Waals surface area contributed by atoms with Crippen molar-refractivity contribution in [2.45, 2.75) is 52.7 Å². The third kappa shape index (κ3) is 7.59. The average molecular weight is 488 g/mol. The van der Waals surface area contributed by atoms with Gasteiger partial charge in [0, 0.05) is 19.7 Å². The van der Waals surface area contributed by atoms with Gasteiger partial charge in [0.15, 0.2) is 11.6 Å². The third-order valence-electron chi connectivity index (χ3n) is 5.59. The Hall–Kier alpha value is -2.81. The molecule has 1 N–H and O–H groups in total. The summed E-state index contributed by atoms with van der Waals surface area (Å²) in [5.74, 6) is -0.427. The Morgan fingerprint density at radius 2 is 1.80 bits per heavy atom. The van der Waals surface area contributed by atoms with Gasteiger partial charge in [0.1, 0.15) is 5.82 Å². The molecule has 0 amide bonds. The van der Waals surface area contributed by atoms with Gasteiger partial charge in [0.25, 0.3) is 0 Å². The second-order valence-electron chi connectivity index (χ2n) is 8.61. The lowest BCUT2D eigenvalue weighted by Crippen LogP contribution is -2.35. The molecule has 1 aromatic heterocycles. The number of aryl methyl sites for hydroxylation is 1. The monoisotopic (exact) mass is 487 g/mol. The summed E-state index contributed by atoms with van der Waals surface area (Å²) in [5, 5.41) is 15.2. The normalized spacial score (nSPS) is 12.3. The van der Waals surface area contributed by atoms with Gasteiger partial charge in [-0.25, -0.2) is 13.5 Å². The van der Waals surface area contributed by atoms with Crippen molar-refractivity contribution in [2.75, 3.05) is 26.3 Å². The highest BCUT2D eigenvalue weighted by Crippen LogP contribution is 2.33. The van der Waals surface area contributed by atoms with E-state index < -0.39 is 11.9 Å². The van der Waals surface area contributed by atoms with Crippen molar-refractivity contribution in [1.29, 1.82) is 0 Å². The minimum Gasteiger partial charge on any atom is -0.435 e. The van der Waals surface area contributed by atoms with Crippen LogP contribution in [-0.4, -0.2) is 52.2 Å². The molecule has 0 spiro atoms. The van der Waals surface area contributed by atoms with E-state index in [2.05, 4.69) is 23.8 Å². The molecular weight excluding hydrogens is 452 g/mol. The molecule has 8 heteroatoms. The Bertz CT molecular complexity index is 1060. The van der Waals surface area contributed by atoms with Crippen LogP contribution in [0.25, 0.3) is 5.69 Å². The minimum absolute atomic E-state index is 0.0726. The van der Waals surface area contributed by atoms with Crippen LogP contribution < -0.4 is 4.74 Å². The second kappa shape index (κ2) is 13.3. The molecule has 6 nitrogen and oxygen atoms in total. The Labute approximate surface area is 206 Å². The molecule has 0 saturated carbocycles. The Kier molecular flexibility index (Phi) is 10.2. The summed E-state index contributed by atoms with van der Waals surface area (Å²) in [5.41, 5.74) is 2.07. The first-order valence-corrected chi connectivity index (χ1v) is 12.2. The molecule has 190 valence electrons. The molecule has 35 heavy (non-hydrogen) atoms. The van der Waals surface area contributed by atoms with Crippen molar-refractivity contribution in [1.82, 2.24) is 14.7 Å². The van der Waals surface area contributed by atoms with Crippen LogP contribution in [0.3, 0.4) is 0 Å². The molecule has 0 aliphatic rings. The Morgan fingerprint density at radius 1 is 1.06 bits per heavy atom. The van der Waals surface area contributed by atoms with Crippen molar-refractivity contribution < 1.29 is 23.4 Å². The van der Waals surface area contributed by atoms with E-state index in [4.69, 9.17) is 9.47 Å². The van der Waals surface area contributed by atoms with Crippen LogP contribution in [0, 0.1) is 18.6 Å². The molecule has 3 aromatic rings. The molecule has 1 atom stereocenters. The first-order valence-electron chi connectivity index (χ1n) is 12.2. The van der Waals surface area contributed by atoms with E-state index in [9.17, 15) is 13.9 Å². The predicted molar refractivity (Wildman–Crippen MR) is 132 cm³/mol. The van der Waals surface area contributed by atoms with Crippen LogP contribution in [0.4, 0.5) is 8.78 Å². The number of hydrogen-bond acceptors (Lipinski definition) is 5. The number of benzene rings is 2.